The monoisotopic (exact) mass is 337 g/mol. The van der Waals surface area contributed by atoms with Crippen LogP contribution >= 0.6 is 0 Å². The second-order valence-electron chi connectivity index (χ2n) is 8.67. The molecule has 0 aliphatic heterocycles. The number of carbonyl (C=O) groups is 2. The average molecular weight is 337 g/mol. The zero-order valence-electron chi connectivity index (χ0n) is 15.7. The van der Waals surface area contributed by atoms with Crippen LogP contribution < -0.4 is 5.32 Å². The molecule has 1 amide bonds. The summed E-state index contributed by atoms with van der Waals surface area (Å²) in [6, 6.07) is -0.963. The molecule has 1 rings (SSSR count). The number of unbranched alkanes of at least 4 members (excludes halogenated alkanes) is 1. The first-order chi connectivity index (χ1) is 10.9. The largest absolute Gasteiger partial charge is 0.480 e. The minimum Gasteiger partial charge on any atom is -0.480 e. The number of ether oxygens (including phenoxy) is 1. The van der Waals surface area contributed by atoms with Crippen LogP contribution in [-0.4, -0.2) is 29.3 Å². The predicted octanol–water partition coefficient (Wildman–Crippen LogP) is 3.82. The van der Waals surface area contributed by atoms with E-state index in [9.17, 15) is 14.7 Å². The van der Waals surface area contributed by atoms with Crippen molar-refractivity contribution in [2.24, 2.45) is 16.7 Å². The highest BCUT2D eigenvalue weighted by molar-refractivity contribution is 5.80. The van der Waals surface area contributed by atoms with Crippen molar-refractivity contribution in [3.63, 3.8) is 0 Å². The summed E-state index contributed by atoms with van der Waals surface area (Å²) in [7, 11) is 0. The molecule has 3 atom stereocenters. The van der Waals surface area contributed by atoms with Crippen LogP contribution in [0.15, 0.2) is 0 Å². The van der Waals surface area contributed by atoms with E-state index in [1.165, 1.54) is 0 Å². The Morgan fingerprint density at radius 2 is 1.88 bits per heavy atom. The van der Waals surface area contributed by atoms with Crippen molar-refractivity contribution in [1.29, 1.82) is 0 Å². The normalized spacial score (nSPS) is 21.2. The minimum absolute atomic E-state index is 0.0387. The standard InChI is InChI=1S/C19H31NO4/c1-18(2,3)11-9-7-8-10-13-12-14(13)24-17(23)20-15(16(21)22)19(4,5)6/h13-15H,7-8,10,12H2,1-6H3,(H,20,23)(H,21,22)/t13-,14-,15?/m1/s1. The fourth-order valence-electron chi connectivity index (χ4n) is 2.39. The third kappa shape index (κ3) is 7.72. The molecule has 1 aliphatic rings. The number of carboxylic acids is 1. The van der Waals surface area contributed by atoms with Crippen molar-refractivity contribution in [2.45, 2.75) is 79.4 Å². The van der Waals surface area contributed by atoms with Crippen molar-refractivity contribution in [1.82, 2.24) is 5.32 Å². The summed E-state index contributed by atoms with van der Waals surface area (Å²) in [5.74, 6) is 5.72. The summed E-state index contributed by atoms with van der Waals surface area (Å²) in [4.78, 5) is 23.1. The molecule has 136 valence electrons. The zero-order chi connectivity index (χ0) is 18.5. The Morgan fingerprint density at radius 1 is 1.25 bits per heavy atom. The van der Waals surface area contributed by atoms with E-state index in [4.69, 9.17) is 4.74 Å². The lowest BCUT2D eigenvalue weighted by Crippen LogP contribution is -2.49. The van der Waals surface area contributed by atoms with E-state index < -0.39 is 23.5 Å². The van der Waals surface area contributed by atoms with E-state index in [-0.39, 0.29) is 11.5 Å². The molecular weight excluding hydrogens is 306 g/mol. The van der Waals surface area contributed by atoms with Gasteiger partial charge >= 0.3 is 12.1 Å². The van der Waals surface area contributed by atoms with Gasteiger partial charge in [-0.3, -0.25) is 0 Å². The molecule has 0 bridgehead atoms. The first-order valence-electron chi connectivity index (χ1n) is 8.60. The molecule has 0 aromatic heterocycles. The van der Waals surface area contributed by atoms with Crippen molar-refractivity contribution < 1.29 is 19.4 Å². The Kier molecular flexibility index (Phi) is 6.71. The summed E-state index contributed by atoms with van der Waals surface area (Å²) in [6.07, 6.45) is 2.96. The molecule has 0 heterocycles. The highest BCUT2D eigenvalue weighted by atomic mass is 16.6. The molecule has 1 aliphatic carbocycles. The molecular formula is C19H31NO4. The molecule has 0 saturated heterocycles. The SMILES string of the molecule is CC(C)(C)C#CCCC[C@@H]1C[C@H]1OC(=O)NC(C(=O)O)C(C)(C)C. The van der Waals surface area contributed by atoms with E-state index >= 15 is 0 Å². The smallest absolute Gasteiger partial charge is 0.408 e. The highest BCUT2D eigenvalue weighted by Crippen LogP contribution is 2.38. The number of hydrogen-bond donors (Lipinski definition) is 2. The zero-order valence-corrected chi connectivity index (χ0v) is 15.7. The predicted molar refractivity (Wildman–Crippen MR) is 93.5 cm³/mol. The number of amides is 1. The molecule has 24 heavy (non-hydrogen) atoms. The van der Waals surface area contributed by atoms with Crippen molar-refractivity contribution in [2.75, 3.05) is 0 Å². The van der Waals surface area contributed by atoms with Crippen LogP contribution in [-0.2, 0) is 9.53 Å². The summed E-state index contributed by atoms with van der Waals surface area (Å²) < 4.78 is 5.31. The molecule has 1 unspecified atom stereocenters. The van der Waals surface area contributed by atoms with E-state index in [1.807, 2.05) is 0 Å². The number of rotatable bonds is 6. The van der Waals surface area contributed by atoms with Crippen molar-refractivity contribution in [3.05, 3.63) is 0 Å². The summed E-state index contributed by atoms with van der Waals surface area (Å²) in [5.41, 5.74) is -0.531. The number of carboxylic acid groups (broad SMARTS) is 1. The van der Waals surface area contributed by atoms with Gasteiger partial charge in [-0.05, 0) is 51.4 Å². The fraction of sp³-hybridized carbons (Fsp3) is 0.789. The fourth-order valence-corrected chi connectivity index (χ4v) is 2.39. The second-order valence-corrected chi connectivity index (χ2v) is 8.67. The van der Waals surface area contributed by atoms with Gasteiger partial charge in [-0.25, -0.2) is 9.59 Å². The lowest BCUT2D eigenvalue weighted by atomic mass is 9.87. The molecule has 0 spiro atoms. The topological polar surface area (TPSA) is 75.6 Å². The number of carbonyl (C=O) groups excluding carboxylic acids is 1. The van der Waals surface area contributed by atoms with Crippen LogP contribution in [0.4, 0.5) is 4.79 Å². The summed E-state index contributed by atoms with van der Waals surface area (Å²) in [5, 5.41) is 11.7. The lowest BCUT2D eigenvalue weighted by Gasteiger charge is -2.27. The van der Waals surface area contributed by atoms with Gasteiger partial charge in [0.05, 0.1) is 0 Å². The Bertz CT molecular complexity index is 516. The minimum atomic E-state index is -1.05. The van der Waals surface area contributed by atoms with Crippen molar-refractivity contribution in [3.8, 4) is 11.8 Å². The molecule has 0 aromatic rings. The molecule has 0 aromatic carbocycles. The van der Waals surface area contributed by atoms with Crippen LogP contribution in [0.2, 0.25) is 0 Å². The summed E-state index contributed by atoms with van der Waals surface area (Å²) >= 11 is 0. The molecule has 0 radical (unpaired) electrons. The maximum absolute atomic E-state index is 11.9. The van der Waals surface area contributed by atoms with Gasteiger partial charge in [-0.1, -0.05) is 26.7 Å². The highest BCUT2D eigenvalue weighted by Gasteiger charge is 2.41. The maximum Gasteiger partial charge on any atom is 0.408 e. The second kappa shape index (κ2) is 7.92. The molecule has 5 nitrogen and oxygen atoms in total. The van der Waals surface area contributed by atoms with Crippen LogP contribution in [0.3, 0.4) is 0 Å². The van der Waals surface area contributed by atoms with Gasteiger partial charge in [0, 0.05) is 11.8 Å². The Balaban J connectivity index is 2.28. The summed E-state index contributed by atoms with van der Waals surface area (Å²) in [6.45, 7) is 11.6. The van der Waals surface area contributed by atoms with E-state index in [0.29, 0.717) is 5.92 Å². The molecule has 2 N–H and O–H groups in total. The first-order valence-corrected chi connectivity index (χ1v) is 8.60. The third-order valence-corrected chi connectivity index (χ3v) is 3.83. The van der Waals surface area contributed by atoms with Crippen LogP contribution in [0, 0.1) is 28.6 Å². The quantitative estimate of drug-likeness (QED) is 0.571. The Labute approximate surface area is 145 Å². The van der Waals surface area contributed by atoms with Gasteiger partial charge in [-0.15, -0.1) is 5.92 Å². The van der Waals surface area contributed by atoms with E-state index in [1.54, 1.807) is 20.8 Å². The Morgan fingerprint density at radius 3 is 2.38 bits per heavy atom. The molecule has 1 saturated carbocycles. The molecule has 1 fully saturated rings. The van der Waals surface area contributed by atoms with E-state index in [0.717, 1.165) is 25.7 Å². The van der Waals surface area contributed by atoms with Crippen LogP contribution in [0.25, 0.3) is 0 Å². The lowest BCUT2D eigenvalue weighted by molar-refractivity contribution is -0.142. The third-order valence-electron chi connectivity index (χ3n) is 3.83. The van der Waals surface area contributed by atoms with Crippen LogP contribution in [0.1, 0.15) is 67.2 Å². The molecule has 5 heteroatoms. The van der Waals surface area contributed by atoms with Crippen LogP contribution in [0.5, 0.6) is 0 Å². The maximum atomic E-state index is 11.9. The van der Waals surface area contributed by atoms with Gasteiger partial charge in [0.2, 0.25) is 0 Å². The number of nitrogens with one attached hydrogen (secondary N) is 1. The van der Waals surface area contributed by atoms with Gasteiger partial charge in [0.25, 0.3) is 0 Å². The Hall–Kier alpha value is -1.70. The average Bonchev–Trinajstić information content (AvgIpc) is 3.10. The van der Waals surface area contributed by atoms with Gasteiger partial charge < -0.3 is 15.2 Å². The van der Waals surface area contributed by atoms with Gasteiger partial charge in [-0.2, -0.15) is 0 Å². The van der Waals surface area contributed by atoms with Gasteiger partial charge in [0.1, 0.15) is 12.1 Å². The van der Waals surface area contributed by atoms with Crippen molar-refractivity contribution >= 4 is 12.1 Å². The first kappa shape index (κ1) is 20.3. The van der Waals surface area contributed by atoms with Gasteiger partial charge in [0.15, 0.2) is 0 Å². The number of alkyl carbamates (subject to hydrolysis) is 1. The van der Waals surface area contributed by atoms with E-state index in [2.05, 4.69) is 37.9 Å². The number of hydrogen-bond acceptors (Lipinski definition) is 3. The number of aliphatic carboxylic acids is 1.